The third-order valence-electron chi connectivity index (χ3n) is 5.53. The van der Waals surface area contributed by atoms with Crippen LogP contribution in [0, 0.1) is 5.82 Å². The second kappa shape index (κ2) is 8.94. The fraction of sp³-hybridized carbons (Fsp3) is 0.409. The summed E-state index contributed by atoms with van der Waals surface area (Å²) in [5.74, 6) is -0.715. The number of sulfonamides is 1. The maximum Gasteiger partial charge on any atom is 0.264 e. The van der Waals surface area contributed by atoms with Crippen molar-refractivity contribution in [3.05, 3.63) is 58.9 Å². The highest BCUT2D eigenvalue weighted by Crippen LogP contribution is 2.30. The van der Waals surface area contributed by atoms with Crippen molar-refractivity contribution in [1.82, 2.24) is 4.90 Å². The number of nitrogens with zero attached hydrogens (tertiary/aromatic N) is 2. The molecule has 0 heterocycles. The molecule has 0 spiro atoms. The lowest BCUT2D eigenvalue weighted by Crippen LogP contribution is -2.43. The maximum absolute atomic E-state index is 13.3. The SMILES string of the molecule is CC(C)N(C(=O)c1cc(S(=O)(=O)N(C)c2ccc(F)cc2)ccc1Cl)C1CCCC1. The number of amides is 1. The van der Waals surface area contributed by atoms with Crippen LogP contribution in [-0.4, -0.2) is 38.4 Å². The standard InChI is InChI=1S/C22H26ClFN2O3S/c1-15(2)26(18-6-4-5-7-18)22(27)20-14-19(12-13-21(20)23)30(28,29)25(3)17-10-8-16(24)9-11-17/h8-15,18H,4-7H2,1-3H3. The first-order valence-electron chi connectivity index (χ1n) is 9.99. The average Bonchev–Trinajstić information content (AvgIpc) is 3.22. The van der Waals surface area contributed by atoms with Gasteiger partial charge in [0.1, 0.15) is 5.82 Å². The summed E-state index contributed by atoms with van der Waals surface area (Å²) < 4.78 is 40.5. The van der Waals surface area contributed by atoms with Crippen molar-refractivity contribution in [1.29, 1.82) is 0 Å². The summed E-state index contributed by atoms with van der Waals surface area (Å²) in [6.45, 7) is 3.90. The Morgan fingerprint density at radius 1 is 1.10 bits per heavy atom. The number of carbonyl (C=O) groups is 1. The van der Waals surface area contributed by atoms with Crippen LogP contribution < -0.4 is 4.31 Å². The summed E-state index contributed by atoms with van der Waals surface area (Å²) in [5, 5.41) is 0.215. The van der Waals surface area contributed by atoms with Crippen LogP contribution in [0.25, 0.3) is 0 Å². The van der Waals surface area contributed by atoms with Gasteiger partial charge in [-0.05, 0) is 69.2 Å². The second-order valence-electron chi connectivity index (χ2n) is 7.84. The van der Waals surface area contributed by atoms with Crippen molar-refractivity contribution in [2.75, 3.05) is 11.4 Å². The minimum Gasteiger partial charge on any atom is -0.333 e. The van der Waals surface area contributed by atoms with E-state index in [0.29, 0.717) is 5.69 Å². The van der Waals surface area contributed by atoms with Gasteiger partial charge >= 0.3 is 0 Å². The molecule has 30 heavy (non-hydrogen) atoms. The predicted octanol–water partition coefficient (Wildman–Crippen LogP) is 5.10. The van der Waals surface area contributed by atoms with Crippen LogP contribution in [0.15, 0.2) is 47.4 Å². The van der Waals surface area contributed by atoms with Crippen molar-refractivity contribution < 1.29 is 17.6 Å². The Balaban J connectivity index is 1.97. The molecule has 0 radical (unpaired) electrons. The smallest absolute Gasteiger partial charge is 0.264 e. The van der Waals surface area contributed by atoms with Gasteiger partial charge in [0.15, 0.2) is 0 Å². The highest BCUT2D eigenvalue weighted by molar-refractivity contribution is 7.92. The summed E-state index contributed by atoms with van der Waals surface area (Å²) in [5.41, 5.74) is 0.486. The molecular formula is C22H26ClFN2O3S. The molecule has 5 nitrogen and oxygen atoms in total. The third-order valence-corrected chi connectivity index (χ3v) is 7.64. The molecule has 0 bridgehead atoms. The lowest BCUT2D eigenvalue weighted by Gasteiger charge is -2.33. The number of rotatable bonds is 6. The maximum atomic E-state index is 13.3. The molecule has 3 rings (SSSR count). The topological polar surface area (TPSA) is 57.7 Å². The van der Waals surface area contributed by atoms with Crippen LogP contribution in [-0.2, 0) is 10.0 Å². The van der Waals surface area contributed by atoms with Gasteiger partial charge in [0, 0.05) is 19.1 Å². The third kappa shape index (κ3) is 4.47. The lowest BCUT2D eigenvalue weighted by molar-refractivity contribution is 0.0613. The molecule has 2 aromatic carbocycles. The Labute approximate surface area is 182 Å². The molecule has 1 saturated carbocycles. The van der Waals surface area contributed by atoms with Crippen LogP contribution >= 0.6 is 11.6 Å². The Morgan fingerprint density at radius 2 is 1.70 bits per heavy atom. The van der Waals surface area contributed by atoms with E-state index in [0.717, 1.165) is 30.0 Å². The molecule has 2 aromatic rings. The zero-order valence-electron chi connectivity index (χ0n) is 17.3. The number of hydrogen-bond donors (Lipinski definition) is 0. The molecule has 1 fully saturated rings. The molecule has 0 N–H and O–H groups in total. The summed E-state index contributed by atoms with van der Waals surface area (Å²) in [4.78, 5) is 15.1. The van der Waals surface area contributed by atoms with Crippen molar-refractivity contribution in [2.24, 2.45) is 0 Å². The first-order chi connectivity index (χ1) is 14.1. The van der Waals surface area contributed by atoms with Gasteiger partial charge < -0.3 is 4.90 Å². The molecule has 1 amide bonds. The van der Waals surface area contributed by atoms with E-state index in [-0.39, 0.29) is 33.5 Å². The van der Waals surface area contributed by atoms with Gasteiger partial charge in [-0.1, -0.05) is 24.4 Å². The zero-order valence-corrected chi connectivity index (χ0v) is 18.9. The van der Waals surface area contributed by atoms with Crippen molar-refractivity contribution in [3.63, 3.8) is 0 Å². The Kier molecular flexibility index (Phi) is 6.72. The Morgan fingerprint density at radius 3 is 2.27 bits per heavy atom. The molecule has 1 aliphatic carbocycles. The van der Waals surface area contributed by atoms with Crippen LogP contribution in [0.1, 0.15) is 49.9 Å². The normalized spacial score (nSPS) is 14.9. The van der Waals surface area contributed by atoms with Gasteiger partial charge in [-0.15, -0.1) is 0 Å². The monoisotopic (exact) mass is 452 g/mol. The molecule has 8 heteroatoms. The molecule has 0 saturated heterocycles. The molecule has 0 atom stereocenters. The molecule has 0 aliphatic heterocycles. The van der Waals surface area contributed by atoms with E-state index in [1.54, 1.807) is 0 Å². The second-order valence-corrected chi connectivity index (χ2v) is 10.2. The molecular weight excluding hydrogens is 427 g/mol. The van der Waals surface area contributed by atoms with Crippen LogP contribution in [0.4, 0.5) is 10.1 Å². The van der Waals surface area contributed by atoms with Gasteiger partial charge in [-0.25, -0.2) is 12.8 Å². The first kappa shape index (κ1) is 22.6. The zero-order chi connectivity index (χ0) is 22.1. The van der Waals surface area contributed by atoms with Gasteiger partial charge in [-0.3, -0.25) is 9.10 Å². The van der Waals surface area contributed by atoms with Gasteiger partial charge in [0.2, 0.25) is 0 Å². The summed E-state index contributed by atoms with van der Waals surface area (Å²) in [6.07, 6.45) is 4.03. The van der Waals surface area contributed by atoms with Gasteiger partial charge in [0.05, 0.1) is 21.2 Å². The molecule has 1 aliphatic rings. The van der Waals surface area contributed by atoms with E-state index in [2.05, 4.69) is 0 Å². The van der Waals surface area contributed by atoms with Crippen molar-refractivity contribution in [2.45, 2.75) is 56.5 Å². The van der Waals surface area contributed by atoms with E-state index < -0.39 is 15.8 Å². The molecule has 0 aromatic heterocycles. The fourth-order valence-electron chi connectivity index (χ4n) is 3.92. The average molecular weight is 453 g/mol. The van der Waals surface area contributed by atoms with E-state index in [4.69, 9.17) is 11.6 Å². The first-order valence-corrected chi connectivity index (χ1v) is 11.8. The Bertz CT molecular complexity index is 1020. The van der Waals surface area contributed by atoms with Gasteiger partial charge in [-0.2, -0.15) is 0 Å². The fourth-order valence-corrected chi connectivity index (χ4v) is 5.34. The molecule has 162 valence electrons. The summed E-state index contributed by atoms with van der Waals surface area (Å²) in [7, 11) is -2.57. The quantitative estimate of drug-likeness (QED) is 0.612. The van der Waals surface area contributed by atoms with Crippen molar-refractivity contribution in [3.8, 4) is 0 Å². The highest BCUT2D eigenvalue weighted by Gasteiger charge is 2.31. The van der Waals surface area contributed by atoms with Gasteiger partial charge in [0.25, 0.3) is 15.9 Å². The van der Waals surface area contributed by atoms with E-state index in [9.17, 15) is 17.6 Å². The minimum absolute atomic E-state index is 0.0289. The predicted molar refractivity (Wildman–Crippen MR) is 117 cm³/mol. The number of hydrogen-bond acceptors (Lipinski definition) is 3. The number of carbonyl (C=O) groups excluding carboxylic acids is 1. The molecule has 0 unspecified atom stereocenters. The van der Waals surface area contributed by atoms with Crippen LogP contribution in [0.5, 0.6) is 0 Å². The number of benzene rings is 2. The van der Waals surface area contributed by atoms with Crippen molar-refractivity contribution >= 4 is 33.2 Å². The van der Waals surface area contributed by atoms with E-state index >= 15 is 0 Å². The van der Waals surface area contributed by atoms with E-state index in [1.807, 2.05) is 18.7 Å². The summed E-state index contributed by atoms with van der Waals surface area (Å²) in [6, 6.07) is 9.42. The summed E-state index contributed by atoms with van der Waals surface area (Å²) >= 11 is 6.31. The van der Waals surface area contributed by atoms with Crippen LogP contribution in [0.3, 0.4) is 0 Å². The lowest BCUT2D eigenvalue weighted by atomic mass is 10.1. The number of anilines is 1. The Hall–Kier alpha value is -2.12. The van der Waals surface area contributed by atoms with E-state index in [1.165, 1.54) is 49.5 Å². The minimum atomic E-state index is -3.96. The highest BCUT2D eigenvalue weighted by atomic mass is 35.5. The largest absolute Gasteiger partial charge is 0.333 e. The number of halogens is 2. The van der Waals surface area contributed by atoms with Crippen LogP contribution in [0.2, 0.25) is 5.02 Å².